The van der Waals surface area contributed by atoms with Crippen LogP contribution < -0.4 is 4.90 Å². The maximum atomic E-state index is 2.31. The quantitative estimate of drug-likeness (QED) is 0.691. The molecule has 1 aromatic carbocycles. The van der Waals surface area contributed by atoms with E-state index in [-0.39, 0.29) is 5.66 Å². The van der Waals surface area contributed by atoms with Gasteiger partial charge >= 0.3 is 0 Å². The van der Waals surface area contributed by atoms with Crippen molar-refractivity contribution in [1.82, 2.24) is 4.90 Å². The van der Waals surface area contributed by atoms with E-state index >= 15 is 0 Å². The minimum atomic E-state index is 0.0200. The molecular weight excluding hydrogens is 184 g/mol. The van der Waals surface area contributed by atoms with E-state index in [4.69, 9.17) is 0 Å². The largest absolute Gasteiger partial charge is 0.357 e. The molecule has 1 aliphatic heterocycles. The van der Waals surface area contributed by atoms with Crippen LogP contribution in [-0.2, 0) is 0 Å². The van der Waals surface area contributed by atoms with Gasteiger partial charge in [0.05, 0.1) is 0 Å². The smallest absolute Gasteiger partial charge is 0.110 e. The number of hydrogen-bond acceptors (Lipinski definition) is 2. The van der Waals surface area contributed by atoms with Crippen LogP contribution in [-0.4, -0.2) is 17.6 Å². The Kier molecular flexibility index (Phi) is 2.22. The molecular formula is C13H18N2. The first-order valence-electron chi connectivity index (χ1n) is 5.30. The molecule has 0 bridgehead atoms. The normalized spacial score (nSPS) is 18.7. The Morgan fingerprint density at radius 3 is 2.27 bits per heavy atom. The van der Waals surface area contributed by atoms with Gasteiger partial charge in [-0.25, -0.2) is 0 Å². The highest BCUT2D eigenvalue weighted by Crippen LogP contribution is 2.33. The molecule has 1 heterocycles. The van der Waals surface area contributed by atoms with Crippen molar-refractivity contribution in [2.45, 2.75) is 26.4 Å². The van der Waals surface area contributed by atoms with Crippen LogP contribution in [0.2, 0.25) is 0 Å². The maximum Gasteiger partial charge on any atom is 0.110 e. The molecule has 0 saturated heterocycles. The number of aryl methyl sites for hydroxylation is 1. The number of benzene rings is 1. The predicted molar refractivity (Wildman–Crippen MR) is 64.6 cm³/mol. The van der Waals surface area contributed by atoms with Gasteiger partial charge in [0.25, 0.3) is 0 Å². The Morgan fingerprint density at radius 1 is 1.07 bits per heavy atom. The molecule has 15 heavy (non-hydrogen) atoms. The van der Waals surface area contributed by atoms with Crippen molar-refractivity contribution in [2.24, 2.45) is 0 Å². The summed E-state index contributed by atoms with van der Waals surface area (Å²) in [6.07, 6.45) is 4.26. The number of rotatable bonds is 1. The second-order valence-corrected chi connectivity index (χ2v) is 4.56. The van der Waals surface area contributed by atoms with Crippen LogP contribution in [0.4, 0.5) is 5.69 Å². The first kappa shape index (κ1) is 10.1. The lowest BCUT2D eigenvalue weighted by molar-refractivity contribution is 0.253. The third kappa shape index (κ3) is 1.50. The molecule has 0 unspecified atom stereocenters. The summed E-state index contributed by atoms with van der Waals surface area (Å²) in [5, 5.41) is 0. The highest BCUT2D eigenvalue weighted by Gasteiger charge is 2.33. The van der Waals surface area contributed by atoms with E-state index in [1.165, 1.54) is 11.3 Å². The molecule has 80 valence electrons. The predicted octanol–water partition coefficient (Wildman–Crippen LogP) is 2.95. The third-order valence-corrected chi connectivity index (χ3v) is 3.27. The van der Waals surface area contributed by atoms with Crippen molar-refractivity contribution in [1.29, 1.82) is 0 Å². The molecule has 0 amide bonds. The van der Waals surface area contributed by atoms with Crippen molar-refractivity contribution < 1.29 is 0 Å². The molecule has 0 spiro atoms. The fraction of sp³-hybridized carbons (Fsp3) is 0.385. The summed E-state index contributed by atoms with van der Waals surface area (Å²) >= 11 is 0. The molecule has 1 aliphatic rings. The molecule has 0 fully saturated rings. The average Bonchev–Trinajstić information content (AvgIpc) is 2.44. The molecule has 0 radical (unpaired) electrons. The topological polar surface area (TPSA) is 6.48 Å². The van der Waals surface area contributed by atoms with Crippen LogP contribution >= 0.6 is 0 Å². The fourth-order valence-electron chi connectivity index (χ4n) is 1.91. The van der Waals surface area contributed by atoms with Gasteiger partial charge in [-0.15, -0.1) is 0 Å². The molecule has 2 rings (SSSR count). The summed E-state index contributed by atoms with van der Waals surface area (Å²) < 4.78 is 0. The van der Waals surface area contributed by atoms with E-state index in [0.717, 1.165) is 0 Å². The first-order valence-corrected chi connectivity index (χ1v) is 5.30. The lowest BCUT2D eigenvalue weighted by Gasteiger charge is -2.39. The Labute approximate surface area is 91.8 Å². The Bertz CT molecular complexity index is 393. The summed E-state index contributed by atoms with van der Waals surface area (Å²) in [6, 6.07) is 8.48. The molecule has 0 aromatic heterocycles. The lowest BCUT2D eigenvalue weighted by atomic mass is 10.1. The van der Waals surface area contributed by atoms with Crippen molar-refractivity contribution in [3.63, 3.8) is 0 Å². The van der Waals surface area contributed by atoms with Gasteiger partial charge in [-0.05, 0) is 32.4 Å². The monoisotopic (exact) mass is 202 g/mol. The average molecular weight is 202 g/mol. The number of hydrogen-bond donors (Lipinski definition) is 0. The zero-order valence-corrected chi connectivity index (χ0v) is 9.86. The Morgan fingerprint density at radius 2 is 1.73 bits per heavy atom. The van der Waals surface area contributed by atoms with E-state index in [1.54, 1.807) is 0 Å². The third-order valence-electron chi connectivity index (χ3n) is 3.27. The molecule has 2 nitrogen and oxygen atoms in total. The molecule has 0 atom stereocenters. The molecule has 0 N–H and O–H groups in total. The molecule has 0 saturated carbocycles. The first-order chi connectivity index (χ1) is 7.03. The minimum Gasteiger partial charge on any atom is -0.357 e. The van der Waals surface area contributed by atoms with Crippen LogP contribution in [0.1, 0.15) is 19.4 Å². The van der Waals surface area contributed by atoms with E-state index in [0.29, 0.717) is 0 Å². The van der Waals surface area contributed by atoms with Crippen LogP contribution in [0.25, 0.3) is 0 Å². The second-order valence-electron chi connectivity index (χ2n) is 4.56. The summed E-state index contributed by atoms with van der Waals surface area (Å²) in [5.41, 5.74) is 2.61. The van der Waals surface area contributed by atoms with Gasteiger partial charge in [0.2, 0.25) is 0 Å². The van der Waals surface area contributed by atoms with Gasteiger partial charge in [0.15, 0.2) is 0 Å². The SMILES string of the molecule is Cc1ccccc1N1C=CN(C)C1(C)C. The zero-order chi connectivity index (χ0) is 11.1. The van der Waals surface area contributed by atoms with E-state index in [2.05, 4.69) is 74.3 Å². The Balaban J connectivity index is 2.42. The summed E-state index contributed by atoms with van der Waals surface area (Å²) in [7, 11) is 2.11. The molecule has 0 aliphatic carbocycles. The Hall–Kier alpha value is -1.44. The van der Waals surface area contributed by atoms with E-state index in [9.17, 15) is 0 Å². The number of nitrogens with zero attached hydrogens (tertiary/aromatic N) is 2. The van der Waals surface area contributed by atoms with Gasteiger partial charge < -0.3 is 9.80 Å². The van der Waals surface area contributed by atoms with Crippen molar-refractivity contribution >= 4 is 5.69 Å². The van der Waals surface area contributed by atoms with Crippen LogP contribution in [0.5, 0.6) is 0 Å². The van der Waals surface area contributed by atoms with Crippen LogP contribution in [0, 0.1) is 6.92 Å². The van der Waals surface area contributed by atoms with Gasteiger partial charge in [0, 0.05) is 25.1 Å². The summed E-state index contributed by atoms with van der Waals surface area (Å²) in [5.74, 6) is 0. The van der Waals surface area contributed by atoms with Gasteiger partial charge in [-0.3, -0.25) is 0 Å². The summed E-state index contributed by atoms with van der Waals surface area (Å²) in [6.45, 7) is 6.59. The summed E-state index contributed by atoms with van der Waals surface area (Å²) in [4.78, 5) is 4.53. The highest BCUT2D eigenvalue weighted by atomic mass is 15.4. The van der Waals surface area contributed by atoms with Crippen molar-refractivity contribution in [3.05, 3.63) is 42.2 Å². The van der Waals surface area contributed by atoms with Gasteiger partial charge in [0.1, 0.15) is 5.66 Å². The molecule has 1 aromatic rings. The van der Waals surface area contributed by atoms with Crippen LogP contribution in [0.3, 0.4) is 0 Å². The van der Waals surface area contributed by atoms with Crippen molar-refractivity contribution in [3.8, 4) is 0 Å². The minimum absolute atomic E-state index is 0.0200. The standard InChI is InChI=1S/C13H18N2/c1-11-7-5-6-8-12(11)15-10-9-14(4)13(15,2)3/h5-10H,1-4H3. The maximum absolute atomic E-state index is 2.31. The number of anilines is 1. The van der Waals surface area contributed by atoms with E-state index < -0.39 is 0 Å². The highest BCUT2D eigenvalue weighted by molar-refractivity contribution is 5.58. The van der Waals surface area contributed by atoms with E-state index in [1.807, 2.05) is 0 Å². The fourth-order valence-corrected chi connectivity index (χ4v) is 1.91. The zero-order valence-electron chi connectivity index (χ0n) is 9.86. The second kappa shape index (κ2) is 3.30. The van der Waals surface area contributed by atoms with Crippen molar-refractivity contribution in [2.75, 3.05) is 11.9 Å². The van der Waals surface area contributed by atoms with Gasteiger partial charge in [-0.2, -0.15) is 0 Å². The van der Waals surface area contributed by atoms with Gasteiger partial charge in [-0.1, -0.05) is 18.2 Å². The lowest BCUT2D eigenvalue weighted by Crippen LogP contribution is -2.46. The number of para-hydroxylation sites is 1. The van der Waals surface area contributed by atoms with Crippen LogP contribution in [0.15, 0.2) is 36.7 Å². The molecule has 2 heteroatoms.